The maximum Gasteiger partial charge on any atom is 0.309 e. The molecule has 2 saturated carbocycles. The number of hydrogen-bond donors (Lipinski definition) is 0. The average Bonchev–Trinajstić information content (AvgIpc) is 2.93. The van der Waals surface area contributed by atoms with Gasteiger partial charge in [-0.3, -0.25) is 4.79 Å². The zero-order chi connectivity index (χ0) is 11.3. The van der Waals surface area contributed by atoms with Crippen LogP contribution < -0.4 is 0 Å². The second-order valence-corrected chi connectivity index (χ2v) is 5.96. The van der Waals surface area contributed by atoms with Crippen LogP contribution in [0.4, 0.5) is 0 Å². The van der Waals surface area contributed by atoms with Gasteiger partial charge in [-0.25, -0.2) is 0 Å². The Morgan fingerprint density at radius 1 is 1.44 bits per heavy atom. The van der Waals surface area contributed by atoms with E-state index in [-0.39, 0.29) is 23.7 Å². The number of halogens is 1. The van der Waals surface area contributed by atoms with Crippen LogP contribution in [0.15, 0.2) is 0 Å². The third kappa shape index (κ3) is 1.31. The monoisotopic (exact) mass is 290 g/mol. The number of esters is 1. The summed E-state index contributed by atoms with van der Waals surface area (Å²) in [6.07, 6.45) is 1.75. The number of rotatable bonds is 1. The molecule has 0 aromatic carbocycles. The highest BCUT2D eigenvalue weighted by Gasteiger charge is 2.65. The molecule has 0 amide bonds. The molecule has 1 saturated heterocycles. The van der Waals surface area contributed by atoms with E-state index < -0.39 is 5.79 Å². The standard InChI is InChI=1S/C11H15BrO4/c1-14-10(13)9-6-5-11(15-2-3-16-11)7(9)4-8(6)12/h6-9H,2-5H2,1H3/t6-,7+,8+,9+/m0/s1. The van der Waals surface area contributed by atoms with E-state index in [2.05, 4.69) is 15.9 Å². The predicted octanol–water partition coefficient (Wildman–Crippen LogP) is 1.32. The van der Waals surface area contributed by atoms with Gasteiger partial charge in [0, 0.05) is 17.2 Å². The molecule has 0 N–H and O–H groups in total. The number of ether oxygens (including phenoxy) is 3. The first-order chi connectivity index (χ1) is 7.68. The molecule has 1 aliphatic heterocycles. The number of carbonyl (C=O) groups excluding carboxylic acids is 1. The second-order valence-electron chi connectivity index (χ2n) is 4.78. The lowest BCUT2D eigenvalue weighted by Gasteiger charge is -2.33. The van der Waals surface area contributed by atoms with Crippen LogP contribution in [-0.2, 0) is 19.0 Å². The van der Waals surface area contributed by atoms with Crippen LogP contribution in [0.5, 0.6) is 0 Å². The molecule has 4 atom stereocenters. The van der Waals surface area contributed by atoms with E-state index >= 15 is 0 Å². The van der Waals surface area contributed by atoms with Crippen molar-refractivity contribution in [2.75, 3.05) is 20.3 Å². The average molecular weight is 291 g/mol. The summed E-state index contributed by atoms with van der Waals surface area (Å²) in [5, 5.41) is 0. The van der Waals surface area contributed by atoms with Crippen molar-refractivity contribution in [2.45, 2.75) is 23.5 Å². The Hall–Kier alpha value is -0.130. The fraction of sp³-hybridized carbons (Fsp3) is 0.909. The molecule has 16 heavy (non-hydrogen) atoms. The molecule has 90 valence electrons. The zero-order valence-electron chi connectivity index (χ0n) is 9.15. The molecule has 0 aromatic heterocycles. The molecule has 1 spiro atoms. The molecular weight excluding hydrogens is 276 g/mol. The number of fused-ring (bicyclic) bond motifs is 3. The third-order valence-electron chi connectivity index (χ3n) is 4.17. The number of alkyl halides is 1. The van der Waals surface area contributed by atoms with Crippen molar-refractivity contribution in [1.82, 2.24) is 0 Å². The molecule has 0 unspecified atom stereocenters. The molecule has 1 heterocycles. The summed E-state index contributed by atoms with van der Waals surface area (Å²) >= 11 is 3.64. The molecule has 2 aliphatic carbocycles. The molecule has 5 heteroatoms. The minimum absolute atomic E-state index is 0.0625. The largest absolute Gasteiger partial charge is 0.469 e. The summed E-state index contributed by atoms with van der Waals surface area (Å²) in [6, 6.07) is 0. The van der Waals surface area contributed by atoms with Gasteiger partial charge in [-0.1, -0.05) is 15.9 Å². The van der Waals surface area contributed by atoms with Gasteiger partial charge in [-0.15, -0.1) is 0 Å². The Kier molecular flexibility index (Phi) is 2.53. The predicted molar refractivity (Wildman–Crippen MR) is 59.1 cm³/mol. The van der Waals surface area contributed by atoms with Gasteiger partial charge in [0.25, 0.3) is 0 Å². The minimum atomic E-state index is -0.492. The van der Waals surface area contributed by atoms with Crippen LogP contribution in [-0.4, -0.2) is 36.9 Å². The highest BCUT2D eigenvalue weighted by atomic mass is 79.9. The Morgan fingerprint density at radius 2 is 2.12 bits per heavy atom. The lowest BCUT2D eigenvalue weighted by atomic mass is 9.93. The van der Waals surface area contributed by atoms with E-state index in [1.165, 1.54) is 7.11 Å². The van der Waals surface area contributed by atoms with Gasteiger partial charge >= 0.3 is 5.97 Å². The van der Waals surface area contributed by atoms with Crippen LogP contribution in [0, 0.1) is 17.8 Å². The van der Waals surface area contributed by atoms with Crippen LogP contribution in [0.2, 0.25) is 0 Å². The van der Waals surface area contributed by atoms with Crippen LogP contribution in [0.1, 0.15) is 12.8 Å². The van der Waals surface area contributed by atoms with Gasteiger partial charge in [0.2, 0.25) is 0 Å². The summed E-state index contributed by atoms with van der Waals surface area (Å²) in [4.78, 5) is 12.2. The van der Waals surface area contributed by atoms with Crippen LogP contribution >= 0.6 is 15.9 Å². The molecule has 3 fully saturated rings. The maximum absolute atomic E-state index is 11.8. The van der Waals surface area contributed by atoms with Gasteiger partial charge in [0.15, 0.2) is 5.79 Å². The first kappa shape index (κ1) is 11.0. The molecule has 3 aliphatic rings. The fourth-order valence-corrected chi connectivity index (χ4v) is 4.47. The Bertz CT molecular complexity index is 313. The maximum atomic E-state index is 11.8. The first-order valence-electron chi connectivity index (χ1n) is 5.68. The summed E-state index contributed by atoms with van der Waals surface area (Å²) < 4.78 is 16.4. The summed E-state index contributed by atoms with van der Waals surface area (Å²) in [5.74, 6) is -0.235. The molecule has 0 radical (unpaired) electrons. The SMILES string of the molecule is COC(=O)[C@@H]1[C@H]2CC3(OCCO3)[C@@H]1C[C@H]2Br. The highest BCUT2D eigenvalue weighted by Crippen LogP contribution is 2.60. The van der Waals surface area contributed by atoms with Gasteiger partial charge in [-0.2, -0.15) is 0 Å². The Balaban J connectivity index is 1.89. The number of hydrogen-bond acceptors (Lipinski definition) is 4. The lowest BCUT2D eigenvalue weighted by Crippen LogP contribution is -2.39. The van der Waals surface area contributed by atoms with Crippen molar-refractivity contribution in [2.24, 2.45) is 17.8 Å². The van der Waals surface area contributed by atoms with Gasteiger partial charge in [0.1, 0.15) is 0 Å². The zero-order valence-corrected chi connectivity index (χ0v) is 10.7. The quantitative estimate of drug-likeness (QED) is 0.540. The van der Waals surface area contributed by atoms with Crippen LogP contribution in [0.25, 0.3) is 0 Å². The van der Waals surface area contributed by atoms with Crippen molar-refractivity contribution >= 4 is 21.9 Å². The van der Waals surface area contributed by atoms with E-state index in [1.54, 1.807) is 0 Å². The lowest BCUT2D eigenvalue weighted by molar-refractivity contribution is -0.195. The molecule has 0 aromatic rings. The Morgan fingerprint density at radius 3 is 2.75 bits per heavy atom. The fourth-order valence-electron chi connectivity index (χ4n) is 3.55. The van der Waals surface area contributed by atoms with Crippen molar-refractivity contribution in [3.8, 4) is 0 Å². The van der Waals surface area contributed by atoms with E-state index in [1.807, 2.05) is 0 Å². The second kappa shape index (κ2) is 3.68. The topological polar surface area (TPSA) is 44.8 Å². The summed E-state index contributed by atoms with van der Waals surface area (Å²) in [6.45, 7) is 1.29. The van der Waals surface area contributed by atoms with E-state index in [0.29, 0.717) is 18.0 Å². The highest BCUT2D eigenvalue weighted by molar-refractivity contribution is 9.09. The minimum Gasteiger partial charge on any atom is -0.469 e. The van der Waals surface area contributed by atoms with Crippen molar-refractivity contribution in [1.29, 1.82) is 0 Å². The smallest absolute Gasteiger partial charge is 0.309 e. The summed E-state index contributed by atoms with van der Waals surface area (Å²) in [5.41, 5.74) is 0. The van der Waals surface area contributed by atoms with E-state index in [9.17, 15) is 4.79 Å². The van der Waals surface area contributed by atoms with Crippen LogP contribution in [0.3, 0.4) is 0 Å². The first-order valence-corrected chi connectivity index (χ1v) is 6.59. The molecule has 2 bridgehead atoms. The van der Waals surface area contributed by atoms with E-state index in [0.717, 1.165) is 12.8 Å². The van der Waals surface area contributed by atoms with Gasteiger partial charge < -0.3 is 14.2 Å². The van der Waals surface area contributed by atoms with Gasteiger partial charge in [-0.05, 0) is 12.3 Å². The van der Waals surface area contributed by atoms with Crippen molar-refractivity contribution in [3.63, 3.8) is 0 Å². The molecular formula is C11H15BrO4. The van der Waals surface area contributed by atoms with Gasteiger partial charge in [0.05, 0.1) is 26.2 Å². The number of methoxy groups -OCH3 is 1. The Labute approximate surface area is 103 Å². The normalized spacial score (nSPS) is 44.1. The summed E-state index contributed by atoms with van der Waals surface area (Å²) in [7, 11) is 1.45. The van der Waals surface area contributed by atoms with Crippen molar-refractivity contribution in [3.05, 3.63) is 0 Å². The number of carbonyl (C=O) groups is 1. The molecule has 3 rings (SSSR count). The van der Waals surface area contributed by atoms with E-state index in [4.69, 9.17) is 14.2 Å². The van der Waals surface area contributed by atoms with Crippen molar-refractivity contribution < 1.29 is 19.0 Å². The molecule has 4 nitrogen and oxygen atoms in total. The third-order valence-corrected chi connectivity index (χ3v) is 5.23.